The molecule has 0 unspecified atom stereocenters. The highest BCUT2D eigenvalue weighted by Gasteiger charge is 2.01. The lowest BCUT2D eigenvalue weighted by Gasteiger charge is -2.10. The zero-order valence-electron chi connectivity index (χ0n) is 11.4. The van der Waals surface area contributed by atoms with Gasteiger partial charge in [-0.3, -0.25) is 0 Å². The molecule has 19 heavy (non-hydrogen) atoms. The van der Waals surface area contributed by atoms with Crippen LogP contribution in [0.2, 0.25) is 10.0 Å². The minimum absolute atomic E-state index is 0.299. The third-order valence-corrected chi connectivity index (χ3v) is 2.93. The zero-order valence-corrected chi connectivity index (χ0v) is 12.9. The topological polar surface area (TPSA) is 30.5 Å². The Labute approximate surface area is 125 Å². The van der Waals surface area contributed by atoms with E-state index < -0.39 is 0 Å². The molecule has 0 saturated heterocycles. The summed E-state index contributed by atoms with van der Waals surface area (Å²) in [7, 11) is 0. The fraction of sp³-hybridized carbons (Fsp3) is 0.571. The Bertz CT molecular complexity index is 372. The highest BCUT2D eigenvalue weighted by Crippen LogP contribution is 2.27. The van der Waals surface area contributed by atoms with Crippen molar-refractivity contribution < 1.29 is 9.47 Å². The fourth-order valence-corrected chi connectivity index (χ4v) is 1.80. The van der Waals surface area contributed by atoms with Crippen LogP contribution in [0.1, 0.15) is 20.3 Å². The molecule has 5 heteroatoms. The largest absolute Gasteiger partial charge is 0.491 e. The summed E-state index contributed by atoms with van der Waals surface area (Å²) in [6.45, 7) is 7.10. The maximum atomic E-state index is 5.99. The highest BCUT2D eigenvalue weighted by molar-refractivity contribution is 6.34. The van der Waals surface area contributed by atoms with Crippen molar-refractivity contribution in [3.05, 3.63) is 28.2 Å². The van der Waals surface area contributed by atoms with E-state index in [0.29, 0.717) is 28.5 Å². The molecule has 0 spiro atoms. The predicted octanol–water partition coefficient (Wildman–Crippen LogP) is 3.78. The molecule has 1 aromatic carbocycles. The third kappa shape index (κ3) is 7.63. The Balaban J connectivity index is 2.06. The number of hydrogen-bond acceptors (Lipinski definition) is 3. The average molecular weight is 306 g/mol. The van der Waals surface area contributed by atoms with E-state index in [0.717, 1.165) is 26.1 Å². The van der Waals surface area contributed by atoms with E-state index in [1.165, 1.54) is 0 Å². The second-order valence-corrected chi connectivity index (χ2v) is 5.29. The van der Waals surface area contributed by atoms with Crippen LogP contribution in [0.15, 0.2) is 18.2 Å². The Kier molecular flexibility index (Phi) is 8.22. The SMILES string of the molecule is CC(C)OCCCNCCOc1cc(Cl)ccc1Cl. The van der Waals surface area contributed by atoms with Gasteiger partial charge in [-0.25, -0.2) is 0 Å². The molecule has 0 atom stereocenters. The summed E-state index contributed by atoms with van der Waals surface area (Å²) in [5, 5.41) is 4.48. The summed E-state index contributed by atoms with van der Waals surface area (Å²) in [5.41, 5.74) is 0. The van der Waals surface area contributed by atoms with Crippen molar-refractivity contribution in [3.8, 4) is 5.75 Å². The number of hydrogen-bond donors (Lipinski definition) is 1. The maximum Gasteiger partial charge on any atom is 0.139 e. The van der Waals surface area contributed by atoms with Gasteiger partial charge in [0, 0.05) is 24.2 Å². The van der Waals surface area contributed by atoms with Crippen LogP contribution in [0.4, 0.5) is 0 Å². The van der Waals surface area contributed by atoms with E-state index in [2.05, 4.69) is 5.32 Å². The summed E-state index contributed by atoms with van der Waals surface area (Å²) in [5.74, 6) is 0.624. The van der Waals surface area contributed by atoms with Gasteiger partial charge in [-0.05, 0) is 38.9 Å². The Morgan fingerprint density at radius 1 is 1.16 bits per heavy atom. The highest BCUT2D eigenvalue weighted by atomic mass is 35.5. The standard InChI is InChI=1S/C14H21Cl2NO2/c1-11(2)18-8-3-6-17-7-9-19-14-10-12(15)4-5-13(14)16/h4-5,10-11,17H,3,6-9H2,1-2H3. The molecule has 0 aliphatic heterocycles. The quantitative estimate of drug-likeness (QED) is 0.704. The summed E-state index contributed by atoms with van der Waals surface area (Å²) in [4.78, 5) is 0. The van der Waals surface area contributed by atoms with Crippen LogP contribution in [0.5, 0.6) is 5.75 Å². The van der Waals surface area contributed by atoms with Crippen molar-refractivity contribution in [1.29, 1.82) is 0 Å². The van der Waals surface area contributed by atoms with Crippen LogP contribution in [-0.4, -0.2) is 32.4 Å². The summed E-state index contributed by atoms with van der Waals surface area (Å²) in [6.07, 6.45) is 1.30. The smallest absolute Gasteiger partial charge is 0.139 e. The van der Waals surface area contributed by atoms with E-state index in [1.807, 2.05) is 13.8 Å². The molecule has 0 bridgehead atoms. The maximum absolute atomic E-state index is 5.99. The molecule has 0 radical (unpaired) electrons. The molecular formula is C14H21Cl2NO2. The molecular weight excluding hydrogens is 285 g/mol. The Morgan fingerprint density at radius 3 is 2.68 bits per heavy atom. The first kappa shape index (κ1) is 16.6. The summed E-state index contributed by atoms with van der Waals surface area (Å²) in [6, 6.07) is 5.19. The Morgan fingerprint density at radius 2 is 1.95 bits per heavy atom. The van der Waals surface area contributed by atoms with Gasteiger partial charge in [0.25, 0.3) is 0 Å². The van der Waals surface area contributed by atoms with Crippen molar-refractivity contribution in [2.75, 3.05) is 26.3 Å². The molecule has 0 aliphatic carbocycles. The third-order valence-electron chi connectivity index (χ3n) is 2.38. The van der Waals surface area contributed by atoms with Gasteiger partial charge in [-0.1, -0.05) is 23.2 Å². The zero-order chi connectivity index (χ0) is 14.1. The lowest BCUT2D eigenvalue weighted by molar-refractivity contribution is 0.0770. The summed E-state index contributed by atoms with van der Waals surface area (Å²) >= 11 is 11.9. The molecule has 0 amide bonds. The number of benzene rings is 1. The summed E-state index contributed by atoms with van der Waals surface area (Å²) < 4.78 is 11.0. The van der Waals surface area contributed by atoms with Gasteiger partial charge in [-0.15, -0.1) is 0 Å². The first-order valence-electron chi connectivity index (χ1n) is 6.49. The van der Waals surface area contributed by atoms with Crippen LogP contribution in [0.3, 0.4) is 0 Å². The second kappa shape index (κ2) is 9.43. The monoisotopic (exact) mass is 305 g/mol. The van der Waals surface area contributed by atoms with Gasteiger partial charge in [0.2, 0.25) is 0 Å². The number of rotatable bonds is 9. The van der Waals surface area contributed by atoms with Crippen molar-refractivity contribution in [3.63, 3.8) is 0 Å². The average Bonchev–Trinajstić information content (AvgIpc) is 2.36. The molecule has 0 aromatic heterocycles. The van der Waals surface area contributed by atoms with Crippen LogP contribution < -0.4 is 10.1 Å². The lowest BCUT2D eigenvalue weighted by atomic mass is 10.3. The molecule has 1 N–H and O–H groups in total. The van der Waals surface area contributed by atoms with E-state index in [1.54, 1.807) is 18.2 Å². The minimum Gasteiger partial charge on any atom is -0.491 e. The van der Waals surface area contributed by atoms with Crippen molar-refractivity contribution in [2.24, 2.45) is 0 Å². The predicted molar refractivity (Wildman–Crippen MR) is 80.5 cm³/mol. The lowest BCUT2D eigenvalue weighted by Crippen LogP contribution is -2.23. The second-order valence-electron chi connectivity index (χ2n) is 4.45. The van der Waals surface area contributed by atoms with E-state index in [4.69, 9.17) is 32.7 Å². The van der Waals surface area contributed by atoms with Crippen LogP contribution in [0.25, 0.3) is 0 Å². The van der Waals surface area contributed by atoms with Gasteiger partial charge in [-0.2, -0.15) is 0 Å². The van der Waals surface area contributed by atoms with Gasteiger partial charge in [0.15, 0.2) is 0 Å². The molecule has 0 saturated carbocycles. The molecule has 1 aromatic rings. The number of halogens is 2. The van der Waals surface area contributed by atoms with Crippen molar-refractivity contribution >= 4 is 23.2 Å². The van der Waals surface area contributed by atoms with Gasteiger partial charge in [0.1, 0.15) is 12.4 Å². The van der Waals surface area contributed by atoms with Crippen LogP contribution in [-0.2, 0) is 4.74 Å². The van der Waals surface area contributed by atoms with E-state index >= 15 is 0 Å². The van der Waals surface area contributed by atoms with Crippen molar-refractivity contribution in [1.82, 2.24) is 5.32 Å². The molecule has 0 heterocycles. The molecule has 108 valence electrons. The van der Waals surface area contributed by atoms with Crippen molar-refractivity contribution in [2.45, 2.75) is 26.4 Å². The first-order valence-corrected chi connectivity index (χ1v) is 7.25. The fourth-order valence-electron chi connectivity index (χ4n) is 1.46. The molecule has 1 rings (SSSR count). The molecule has 0 fully saturated rings. The van der Waals surface area contributed by atoms with Gasteiger partial charge in [0.05, 0.1) is 11.1 Å². The van der Waals surface area contributed by atoms with E-state index in [9.17, 15) is 0 Å². The van der Waals surface area contributed by atoms with Crippen LogP contribution >= 0.6 is 23.2 Å². The Hall–Kier alpha value is -0.480. The normalized spacial score (nSPS) is 11.0. The number of ether oxygens (including phenoxy) is 2. The van der Waals surface area contributed by atoms with Gasteiger partial charge < -0.3 is 14.8 Å². The molecule has 3 nitrogen and oxygen atoms in total. The van der Waals surface area contributed by atoms with Gasteiger partial charge >= 0.3 is 0 Å². The first-order chi connectivity index (χ1) is 9.09. The number of nitrogens with one attached hydrogen (secondary N) is 1. The van der Waals surface area contributed by atoms with Crippen LogP contribution in [0, 0.1) is 0 Å². The minimum atomic E-state index is 0.299. The van der Waals surface area contributed by atoms with E-state index in [-0.39, 0.29) is 0 Å². The molecule has 0 aliphatic rings.